The summed E-state index contributed by atoms with van der Waals surface area (Å²) in [4.78, 5) is 0. The molecule has 4 heteroatoms. The summed E-state index contributed by atoms with van der Waals surface area (Å²) in [5.74, 6) is 1.28. The minimum absolute atomic E-state index is 0.305. The fraction of sp³-hybridized carbons (Fsp3) is 0.308. The van der Waals surface area contributed by atoms with Crippen LogP contribution in [0.5, 0.6) is 11.5 Å². The van der Waals surface area contributed by atoms with Crippen molar-refractivity contribution in [2.45, 2.75) is 45.9 Å². The molecule has 0 spiro atoms. The summed E-state index contributed by atoms with van der Waals surface area (Å²) in [5, 5.41) is 4.24. The lowest BCUT2D eigenvalue weighted by Gasteiger charge is -2.20. The summed E-state index contributed by atoms with van der Waals surface area (Å²) >= 11 is 6.60. The molecule has 0 saturated carbocycles. The van der Waals surface area contributed by atoms with Crippen molar-refractivity contribution < 1.29 is 9.47 Å². The highest BCUT2D eigenvalue weighted by atomic mass is 35.5. The molecular formula is C26H30ClNO2. The van der Waals surface area contributed by atoms with Gasteiger partial charge in [0.1, 0.15) is 6.61 Å². The van der Waals surface area contributed by atoms with Gasteiger partial charge in [0.2, 0.25) is 0 Å². The van der Waals surface area contributed by atoms with Crippen LogP contribution in [0.3, 0.4) is 0 Å². The van der Waals surface area contributed by atoms with Crippen LogP contribution in [0.1, 0.15) is 49.4 Å². The Balaban J connectivity index is 1.73. The van der Waals surface area contributed by atoms with Gasteiger partial charge in [-0.3, -0.25) is 0 Å². The molecule has 0 bridgehead atoms. The minimum Gasteiger partial charge on any atom is -0.490 e. The Hall–Kier alpha value is -2.49. The first-order valence-electron chi connectivity index (χ1n) is 10.6. The lowest BCUT2D eigenvalue weighted by atomic mass is 10.0. The number of hydrogen-bond donors (Lipinski definition) is 1. The second kappa shape index (κ2) is 11.6. The van der Waals surface area contributed by atoms with Gasteiger partial charge in [0.15, 0.2) is 11.5 Å². The van der Waals surface area contributed by atoms with E-state index in [1.54, 1.807) is 0 Å². The Morgan fingerprint density at radius 2 is 1.57 bits per heavy atom. The Bertz CT molecular complexity index is 900. The number of halogens is 1. The summed E-state index contributed by atoms with van der Waals surface area (Å²) in [5.41, 5.74) is 3.47. The summed E-state index contributed by atoms with van der Waals surface area (Å²) in [6.07, 6.45) is 2.19. The molecule has 0 heterocycles. The topological polar surface area (TPSA) is 30.5 Å². The van der Waals surface area contributed by atoms with Crippen molar-refractivity contribution >= 4 is 11.6 Å². The van der Waals surface area contributed by atoms with Crippen molar-refractivity contribution in [2.24, 2.45) is 0 Å². The summed E-state index contributed by atoms with van der Waals surface area (Å²) in [6.45, 7) is 5.88. The van der Waals surface area contributed by atoms with Crippen molar-refractivity contribution in [2.75, 3.05) is 6.61 Å². The fourth-order valence-electron chi connectivity index (χ4n) is 3.46. The van der Waals surface area contributed by atoms with Crippen LogP contribution in [0.25, 0.3) is 0 Å². The zero-order valence-corrected chi connectivity index (χ0v) is 18.5. The first-order valence-corrected chi connectivity index (χ1v) is 11.0. The van der Waals surface area contributed by atoms with Gasteiger partial charge < -0.3 is 14.8 Å². The van der Waals surface area contributed by atoms with E-state index in [0.717, 1.165) is 24.0 Å². The van der Waals surface area contributed by atoms with Crippen LogP contribution in [0.2, 0.25) is 5.02 Å². The second-order valence-corrected chi connectivity index (χ2v) is 7.65. The maximum Gasteiger partial charge on any atom is 0.180 e. The summed E-state index contributed by atoms with van der Waals surface area (Å²) in [7, 11) is 0. The molecule has 0 saturated heterocycles. The molecule has 0 radical (unpaired) electrons. The Labute approximate surface area is 185 Å². The molecule has 3 nitrogen and oxygen atoms in total. The maximum absolute atomic E-state index is 6.60. The summed E-state index contributed by atoms with van der Waals surface area (Å²) < 4.78 is 11.9. The standard InChI is InChI=1S/C26H30ClNO2/c1-3-11-24(22-14-9-6-10-15-22)28-18-21-16-23(27)26(25(17-21)29-4-2)30-19-20-12-7-5-8-13-20/h5-10,12-17,24,28H,3-4,11,18-19H2,1-2H3. The predicted molar refractivity (Wildman–Crippen MR) is 124 cm³/mol. The van der Waals surface area contributed by atoms with Gasteiger partial charge in [0.25, 0.3) is 0 Å². The van der Waals surface area contributed by atoms with E-state index in [9.17, 15) is 0 Å². The molecule has 0 amide bonds. The molecule has 3 rings (SSSR count). The van der Waals surface area contributed by atoms with Crippen LogP contribution in [0.15, 0.2) is 72.8 Å². The van der Waals surface area contributed by atoms with Crippen molar-refractivity contribution in [3.8, 4) is 11.5 Å². The average Bonchev–Trinajstić information content (AvgIpc) is 2.77. The smallest absolute Gasteiger partial charge is 0.180 e. The predicted octanol–water partition coefficient (Wildman–Crippen LogP) is 6.95. The van der Waals surface area contributed by atoms with Gasteiger partial charge in [-0.15, -0.1) is 0 Å². The number of ether oxygens (including phenoxy) is 2. The third-order valence-corrected chi connectivity index (χ3v) is 5.21. The molecule has 30 heavy (non-hydrogen) atoms. The highest BCUT2D eigenvalue weighted by Gasteiger charge is 2.15. The van der Waals surface area contributed by atoms with Crippen LogP contribution < -0.4 is 14.8 Å². The SMILES string of the molecule is CCCC(NCc1cc(Cl)c(OCc2ccccc2)c(OCC)c1)c1ccccc1. The molecule has 1 atom stereocenters. The van der Waals surface area contributed by atoms with Crippen LogP contribution in [0.4, 0.5) is 0 Å². The zero-order valence-electron chi connectivity index (χ0n) is 17.7. The van der Waals surface area contributed by atoms with Gasteiger partial charge in [-0.1, -0.05) is 85.6 Å². The first-order chi connectivity index (χ1) is 14.7. The maximum atomic E-state index is 6.60. The number of rotatable bonds is 11. The highest BCUT2D eigenvalue weighted by molar-refractivity contribution is 6.32. The van der Waals surface area contributed by atoms with E-state index >= 15 is 0 Å². The van der Waals surface area contributed by atoms with Crippen molar-refractivity contribution in [1.29, 1.82) is 0 Å². The highest BCUT2D eigenvalue weighted by Crippen LogP contribution is 2.37. The molecule has 1 unspecified atom stereocenters. The molecule has 0 aliphatic heterocycles. The van der Waals surface area contributed by atoms with Gasteiger partial charge in [-0.05, 0) is 42.2 Å². The Kier molecular flexibility index (Phi) is 8.61. The van der Waals surface area contributed by atoms with Crippen molar-refractivity contribution in [1.82, 2.24) is 5.32 Å². The molecule has 3 aromatic rings. The van der Waals surface area contributed by atoms with Crippen LogP contribution in [-0.2, 0) is 13.2 Å². The van der Waals surface area contributed by atoms with E-state index in [1.165, 1.54) is 5.56 Å². The van der Waals surface area contributed by atoms with Crippen LogP contribution in [0, 0.1) is 0 Å². The molecule has 0 aliphatic carbocycles. The van der Waals surface area contributed by atoms with E-state index in [-0.39, 0.29) is 0 Å². The lowest BCUT2D eigenvalue weighted by Crippen LogP contribution is -2.21. The van der Waals surface area contributed by atoms with Crippen molar-refractivity contribution in [3.63, 3.8) is 0 Å². The van der Waals surface area contributed by atoms with E-state index in [4.69, 9.17) is 21.1 Å². The van der Waals surface area contributed by atoms with E-state index < -0.39 is 0 Å². The number of hydrogen-bond acceptors (Lipinski definition) is 3. The van der Waals surface area contributed by atoms with Gasteiger partial charge >= 0.3 is 0 Å². The molecule has 0 fully saturated rings. The fourth-order valence-corrected chi connectivity index (χ4v) is 3.75. The average molecular weight is 424 g/mol. The summed E-state index contributed by atoms with van der Waals surface area (Å²) in [6, 6.07) is 24.9. The normalized spacial score (nSPS) is 11.8. The van der Waals surface area contributed by atoms with Gasteiger partial charge in [0.05, 0.1) is 11.6 Å². The van der Waals surface area contributed by atoms with E-state index in [2.05, 4.69) is 42.6 Å². The molecular weight excluding hydrogens is 394 g/mol. The molecule has 158 valence electrons. The zero-order chi connectivity index (χ0) is 21.2. The molecule has 3 aromatic carbocycles. The van der Waals surface area contributed by atoms with E-state index in [1.807, 2.05) is 49.4 Å². The number of benzene rings is 3. The van der Waals surface area contributed by atoms with E-state index in [0.29, 0.717) is 42.3 Å². The molecule has 1 N–H and O–H groups in total. The number of nitrogens with one attached hydrogen (secondary N) is 1. The van der Waals surface area contributed by atoms with Gasteiger partial charge in [0, 0.05) is 12.6 Å². The Morgan fingerprint density at radius 1 is 0.867 bits per heavy atom. The molecule has 0 aromatic heterocycles. The van der Waals surface area contributed by atoms with Crippen LogP contribution >= 0.6 is 11.6 Å². The largest absolute Gasteiger partial charge is 0.490 e. The molecule has 0 aliphatic rings. The lowest BCUT2D eigenvalue weighted by molar-refractivity contribution is 0.269. The Morgan fingerprint density at radius 3 is 2.23 bits per heavy atom. The van der Waals surface area contributed by atoms with Gasteiger partial charge in [-0.2, -0.15) is 0 Å². The monoisotopic (exact) mass is 423 g/mol. The minimum atomic E-state index is 0.305. The second-order valence-electron chi connectivity index (χ2n) is 7.25. The third kappa shape index (κ3) is 6.25. The van der Waals surface area contributed by atoms with Crippen LogP contribution in [-0.4, -0.2) is 6.61 Å². The first kappa shape index (κ1) is 22.2. The third-order valence-electron chi connectivity index (χ3n) is 4.93. The quantitative estimate of drug-likeness (QED) is 0.362. The van der Waals surface area contributed by atoms with Gasteiger partial charge in [-0.25, -0.2) is 0 Å². The van der Waals surface area contributed by atoms with Crippen molar-refractivity contribution in [3.05, 3.63) is 94.5 Å².